The number of benzene rings is 1. The van der Waals surface area contributed by atoms with Crippen LogP contribution in [0.2, 0.25) is 0 Å². The third kappa shape index (κ3) is 2.08. The first-order chi connectivity index (χ1) is 8.60. The summed E-state index contributed by atoms with van der Waals surface area (Å²) in [5.41, 5.74) is 15.6. The van der Waals surface area contributed by atoms with E-state index in [0.717, 1.165) is 25.7 Å². The molecule has 0 amide bonds. The lowest BCUT2D eigenvalue weighted by molar-refractivity contribution is 0.239. The molecule has 3 rings (SSSR count). The van der Waals surface area contributed by atoms with Crippen molar-refractivity contribution in [3.8, 4) is 0 Å². The van der Waals surface area contributed by atoms with Crippen LogP contribution in [0.3, 0.4) is 0 Å². The SMILES string of the molecule is Cc1ccccc1C1CC1C1(N)CCC(N)CC1. The van der Waals surface area contributed by atoms with Crippen LogP contribution in [0, 0.1) is 12.8 Å². The predicted octanol–water partition coefficient (Wildman–Crippen LogP) is 2.70. The molecule has 0 aromatic heterocycles. The highest BCUT2D eigenvalue weighted by Crippen LogP contribution is 2.56. The van der Waals surface area contributed by atoms with Crippen molar-refractivity contribution in [3.05, 3.63) is 35.4 Å². The lowest BCUT2D eigenvalue weighted by Crippen LogP contribution is -2.48. The quantitative estimate of drug-likeness (QED) is 0.840. The normalized spacial score (nSPS) is 39.6. The van der Waals surface area contributed by atoms with Crippen LogP contribution in [-0.4, -0.2) is 11.6 Å². The summed E-state index contributed by atoms with van der Waals surface area (Å²) in [6.07, 6.45) is 5.71. The lowest BCUT2D eigenvalue weighted by Gasteiger charge is -2.37. The molecule has 1 aromatic rings. The standard InChI is InChI=1S/C16H24N2/c1-11-4-2-3-5-13(11)14-10-15(14)16(18)8-6-12(17)7-9-16/h2-5,12,14-15H,6-10,17-18H2,1H3. The Balaban J connectivity index is 1.72. The van der Waals surface area contributed by atoms with Crippen molar-refractivity contribution in [2.45, 2.75) is 56.5 Å². The third-order valence-corrected chi connectivity index (χ3v) is 5.08. The van der Waals surface area contributed by atoms with Crippen molar-refractivity contribution < 1.29 is 0 Å². The van der Waals surface area contributed by atoms with Gasteiger partial charge in [0.05, 0.1) is 0 Å². The molecule has 0 heterocycles. The summed E-state index contributed by atoms with van der Waals surface area (Å²) in [6.45, 7) is 2.21. The van der Waals surface area contributed by atoms with Crippen molar-refractivity contribution in [2.24, 2.45) is 17.4 Å². The van der Waals surface area contributed by atoms with Crippen LogP contribution in [0.25, 0.3) is 0 Å². The van der Waals surface area contributed by atoms with Gasteiger partial charge in [0.25, 0.3) is 0 Å². The maximum atomic E-state index is 6.65. The van der Waals surface area contributed by atoms with Crippen LogP contribution in [0.1, 0.15) is 49.1 Å². The second-order valence-electron chi connectivity index (χ2n) is 6.38. The van der Waals surface area contributed by atoms with Crippen molar-refractivity contribution in [2.75, 3.05) is 0 Å². The van der Waals surface area contributed by atoms with Crippen LogP contribution in [0.5, 0.6) is 0 Å². The van der Waals surface area contributed by atoms with Gasteiger partial charge in [-0.25, -0.2) is 0 Å². The van der Waals surface area contributed by atoms with Gasteiger partial charge >= 0.3 is 0 Å². The highest BCUT2D eigenvalue weighted by atomic mass is 14.8. The number of hydrogen-bond donors (Lipinski definition) is 2. The topological polar surface area (TPSA) is 52.0 Å². The molecule has 0 aliphatic heterocycles. The Morgan fingerprint density at radius 2 is 1.83 bits per heavy atom. The molecule has 4 N–H and O–H groups in total. The molecule has 0 spiro atoms. The van der Waals surface area contributed by atoms with Gasteiger partial charge in [0.2, 0.25) is 0 Å². The first-order valence-corrected chi connectivity index (χ1v) is 7.20. The zero-order chi connectivity index (χ0) is 12.8. The average molecular weight is 244 g/mol. The second kappa shape index (κ2) is 4.36. The molecular weight excluding hydrogens is 220 g/mol. The van der Waals surface area contributed by atoms with Gasteiger partial charge in [-0.3, -0.25) is 0 Å². The van der Waals surface area contributed by atoms with E-state index < -0.39 is 0 Å². The highest BCUT2D eigenvalue weighted by Gasteiger charge is 2.51. The predicted molar refractivity (Wildman–Crippen MR) is 75.4 cm³/mol. The minimum Gasteiger partial charge on any atom is -0.328 e. The molecule has 2 atom stereocenters. The van der Waals surface area contributed by atoms with Gasteiger partial charge in [-0.05, 0) is 62.0 Å². The molecule has 2 fully saturated rings. The Morgan fingerprint density at radius 3 is 2.50 bits per heavy atom. The number of aryl methyl sites for hydroxylation is 1. The molecule has 0 bridgehead atoms. The van der Waals surface area contributed by atoms with Gasteiger partial charge in [0.1, 0.15) is 0 Å². The van der Waals surface area contributed by atoms with E-state index in [-0.39, 0.29) is 5.54 Å². The van der Waals surface area contributed by atoms with Crippen molar-refractivity contribution >= 4 is 0 Å². The third-order valence-electron chi connectivity index (χ3n) is 5.08. The van der Waals surface area contributed by atoms with E-state index in [1.807, 2.05) is 0 Å². The molecule has 2 nitrogen and oxygen atoms in total. The molecule has 2 saturated carbocycles. The Bertz CT molecular complexity index is 432. The summed E-state index contributed by atoms with van der Waals surface area (Å²) in [4.78, 5) is 0. The number of hydrogen-bond acceptors (Lipinski definition) is 2. The second-order valence-corrected chi connectivity index (χ2v) is 6.38. The fraction of sp³-hybridized carbons (Fsp3) is 0.625. The van der Waals surface area contributed by atoms with Crippen molar-refractivity contribution in [1.82, 2.24) is 0 Å². The zero-order valence-corrected chi connectivity index (χ0v) is 11.2. The molecule has 2 heteroatoms. The molecule has 2 aliphatic carbocycles. The van der Waals surface area contributed by atoms with Crippen LogP contribution >= 0.6 is 0 Å². The summed E-state index contributed by atoms with van der Waals surface area (Å²) in [5.74, 6) is 1.39. The van der Waals surface area contributed by atoms with E-state index in [1.165, 1.54) is 17.5 Å². The van der Waals surface area contributed by atoms with Crippen molar-refractivity contribution in [3.63, 3.8) is 0 Å². The number of nitrogens with two attached hydrogens (primary N) is 2. The summed E-state index contributed by atoms with van der Waals surface area (Å²) >= 11 is 0. The van der Waals surface area contributed by atoms with Gasteiger partial charge in [0, 0.05) is 11.6 Å². The summed E-state index contributed by atoms with van der Waals surface area (Å²) < 4.78 is 0. The van der Waals surface area contributed by atoms with Gasteiger partial charge in [0.15, 0.2) is 0 Å². The van der Waals surface area contributed by atoms with Gasteiger partial charge in [-0.15, -0.1) is 0 Å². The molecule has 2 aliphatic rings. The molecule has 0 radical (unpaired) electrons. The van der Waals surface area contributed by atoms with Gasteiger partial charge in [-0.2, -0.15) is 0 Å². The van der Waals surface area contributed by atoms with E-state index in [9.17, 15) is 0 Å². The zero-order valence-electron chi connectivity index (χ0n) is 11.2. The Hall–Kier alpha value is -0.860. The summed E-state index contributed by atoms with van der Waals surface area (Å²) in [6, 6.07) is 9.14. The van der Waals surface area contributed by atoms with E-state index in [4.69, 9.17) is 11.5 Å². The van der Waals surface area contributed by atoms with E-state index in [0.29, 0.717) is 17.9 Å². The molecular formula is C16H24N2. The Kier molecular flexibility index (Phi) is 2.95. The summed E-state index contributed by atoms with van der Waals surface area (Å²) in [7, 11) is 0. The maximum absolute atomic E-state index is 6.65. The molecule has 2 unspecified atom stereocenters. The maximum Gasteiger partial charge on any atom is 0.0190 e. The minimum absolute atomic E-state index is 0.0584. The molecule has 18 heavy (non-hydrogen) atoms. The van der Waals surface area contributed by atoms with Crippen LogP contribution in [-0.2, 0) is 0 Å². The van der Waals surface area contributed by atoms with E-state index >= 15 is 0 Å². The molecule has 1 aromatic carbocycles. The first-order valence-electron chi connectivity index (χ1n) is 7.20. The minimum atomic E-state index is 0.0584. The van der Waals surface area contributed by atoms with Crippen LogP contribution < -0.4 is 11.5 Å². The molecule has 98 valence electrons. The average Bonchev–Trinajstić information content (AvgIpc) is 3.15. The largest absolute Gasteiger partial charge is 0.328 e. The highest BCUT2D eigenvalue weighted by molar-refractivity contribution is 5.35. The van der Waals surface area contributed by atoms with Gasteiger partial charge in [-0.1, -0.05) is 24.3 Å². The van der Waals surface area contributed by atoms with Crippen molar-refractivity contribution in [1.29, 1.82) is 0 Å². The number of rotatable bonds is 2. The molecule has 0 saturated heterocycles. The van der Waals surface area contributed by atoms with Gasteiger partial charge < -0.3 is 11.5 Å². The van der Waals surface area contributed by atoms with Crippen LogP contribution in [0.15, 0.2) is 24.3 Å². The summed E-state index contributed by atoms with van der Waals surface area (Å²) in [5, 5.41) is 0. The fourth-order valence-electron chi connectivity index (χ4n) is 3.73. The Morgan fingerprint density at radius 1 is 1.17 bits per heavy atom. The smallest absolute Gasteiger partial charge is 0.0190 e. The Labute approximate surface area is 110 Å². The van der Waals surface area contributed by atoms with E-state index in [2.05, 4.69) is 31.2 Å². The van der Waals surface area contributed by atoms with E-state index in [1.54, 1.807) is 0 Å². The monoisotopic (exact) mass is 244 g/mol. The lowest BCUT2D eigenvalue weighted by atomic mass is 9.76. The first kappa shape index (κ1) is 12.2. The van der Waals surface area contributed by atoms with Crippen LogP contribution in [0.4, 0.5) is 0 Å². The fourth-order valence-corrected chi connectivity index (χ4v) is 3.73.